The van der Waals surface area contributed by atoms with E-state index in [0.29, 0.717) is 26.2 Å². The van der Waals surface area contributed by atoms with Gasteiger partial charge in [-0.15, -0.1) is 23.7 Å². The van der Waals surface area contributed by atoms with Gasteiger partial charge in [-0.3, -0.25) is 9.59 Å². The van der Waals surface area contributed by atoms with Crippen LogP contribution >= 0.6 is 23.7 Å². The molecule has 3 rings (SSSR count). The van der Waals surface area contributed by atoms with Gasteiger partial charge in [-0.2, -0.15) is 0 Å². The fourth-order valence-corrected chi connectivity index (χ4v) is 3.83. The molecular weight excluding hydrogens is 358 g/mol. The molecule has 1 aliphatic carbocycles. The Bertz CT molecular complexity index is 541. The van der Waals surface area contributed by atoms with Crippen LogP contribution in [0.25, 0.3) is 0 Å². The molecule has 5 nitrogen and oxygen atoms in total. The van der Waals surface area contributed by atoms with Crippen LogP contribution < -0.4 is 10.6 Å². The zero-order valence-electron chi connectivity index (χ0n) is 14.5. The fraction of sp³-hybridized carbons (Fsp3) is 0.667. The van der Waals surface area contributed by atoms with Gasteiger partial charge < -0.3 is 15.5 Å². The summed E-state index contributed by atoms with van der Waals surface area (Å²) in [5.74, 6) is 1.16. The number of rotatable bonds is 8. The molecule has 0 spiro atoms. The molecule has 2 N–H and O–H groups in total. The van der Waals surface area contributed by atoms with E-state index >= 15 is 0 Å². The quantitative estimate of drug-likeness (QED) is 0.720. The predicted molar refractivity (Wildman–Crippen MR) is 103 cm³/mol. The Kier molecular flexibility index (Phi) is 8.19. The number of nitrogens with one attached hydrogen (secondary N) is 2. The lowest BCUT2D eigenvalue weighted by atomic mass is 9.96. The first-order valence-electron chi connectivity index (χ1n) is 9.01. The largest absolute Gasteiger partial charge is 0.355 e. The van der Waals surface area contributed by atoms with Gasteiger partial charge in [0.2, 0.25) is 11.8 Å². The number of carbonyl (C=O) groups excluding carboxylic acids is 2. The number of halogens is 1. The lowest BCUT2D eigenvalue weighted by molar-refractivity contribution is -0.134. The zero-order chi connectivity index (χ0) is 16.8. The summed E-state index contributed by atoms with van der Waals surface area (Å²) in [6, 6.07) is 4.13. The third-order valence-corrected chi connectivity index (χ3v) is 5.81. The normalized spacial score (nSPS) is 17.8. The highest BCUT2D eigenvalue weighted by atomic mass is 35.5. The minimum Gasteiger partial charge on any atom is -0.355 e. The second-order valence-electron chi connectivity index (χ2n) is 6.85. The maximum absolute atomic E-state index is 12.2. The Labute approximate surface area is 160 Å². The third-order valence-electron chi connectivity index (χ3n) is 4.88. The molecule has 140 valence electrons. The molecule has 0 bridgehead atoms. The standard InChI is InChI=1S/C18H27N3O2S.ClH/c22-17(13-19-12-14-3-4-14)21-9-6-15(7-10-21)18(23)20-8-5-16-2-1-11-24-16;/h1-2,11,14-15,19H,3-10,12-13H2,(H,20,23);1H. The van der Waals surface area contributed by atoms with Gasteiger partial charge in [0.05, 0.1) is 6.54 Å². The number of piperidine rings is 1. The van der Waals surface area contributed by atoms with E-state index in [1.165, 1.54) is 17.7 Å². The highest BCUT2D eigenvalue weighted by Crippen LogP contribution is 2.27. The Morgan fingerprint density at radius 3 is 2.60 bits per heavy atom. The number of nitrogens with zero attached hydrogens (tertiary/aromatic N) is 1. The fourth-order valence-electron chi connectivity index (χ4n) is 3.12. The molecule has 0 radical (unpaired) electrons. The first kappa shape index (κ1) is 20.2. The van der Waals surface area contributed by atoms with E-state index in [1.54, 1.807) is 11.3 Å². The molecule has 1 aromatic rings. The molecule has 0 atom stereocenters. The number of likely N-dealkylation sites (tertiary alicyclic amines) is 1. The van der Waals surface area contributed by atoms with Gasteiger partial charge in [-0.05, 0) is 56.0 Å². The maximum Gasteiger partial charge on any atom is 0.236 e. The van der Waals surface area contributed by atoms with Crippen LogP contribution in [0.3, 0.4) is 0 Å². The van der Waals surface area contributed by atoms with Gasteiger partial charge >= 0.3 is 0 Å². The monoisotopic (exact) mass is 385 g/mol. The molecule has 2 fully saturated rings. The zero-order valence-corrected chi connectivity index (χ0v) is 16.2. The molecule has 1 aromatic heterocycles. The van der Waals surface area contributed by atoms with Crippen molar-refractivity contribution in [1.29, 1.82) is 0 Å². The topological polar surface area (TPSA) is 61.4 Å². The van der Waals surface area contributed by atoms with E-state index in [4.69, 9.17) is 0 Å². The number of hydrogen-bond acceptors (Lipinski definition) is 4. The van der Waals surface area contributed by atoms with Crippen LogP contribution in [0.15, 0.2) is 17.5 Å². The molecule has 7 heteroatoms. The minimum atomic E-state index is 0. The van der Waals surface area contributed by atoms with Crippen LogP contribution in [-0.2, 0) is 16.0 Å². The van der Waals surface area contributed by atoms with Gasteiger partial charge in [-0.1, -0.05) is 6.07 Å². The van der Waals surface area contributed by atoms with Crippen molar-refractivity contribution < 1.29 is 9.59 Å². The third kappa shape index (κ3) is 6.60. The van der Waals surface area contributed by atoms with Gasteiger partial charge in [0, 0.05) is 30.4 Å². The summed E-state index contributed by atoms with van der Waals surface area (Å²) >= 11 is 1.72. The van der Waals surface area contributed by atoms with E-state index in [2.05, 4.69) is 22.1 Å². The van der Waals surface area contributed by atoms with Crippen LogP contribution in [-0.4, -0.2) is 49.4 Å². The van der Waals surface area contributed by atoms with Crippen molar-refractivity contribution >= 4 is 35.6 Å². The van der Waals surface area contributed by atoms with Crippen LogP contribution in [0.4, 0.5) is 0 Å². The highest BCUT2D eigenvalue weighted by Gasteiger charge is 2.27. The summed E-state index contributed by atoms with van der Waals surface area (Å²) < 4.78 is 0. The number of hydrogen-bond donors (Lipinski definition) is 2. The summed E-state index contributed by atoms with van der Waals surface area (Å²) in [6.45, 7) is 3.51. The smallest absolute Gasteiger partial charge is 0.236 e. The van der Waals surface area contributed by atoms with Crippen LogP contribution in [0.1, 0.15) is 30.6 Å². The summed E-state index contributed by atoms with van der Waals surface area (Å²) in [5, 5.41) is 8.35. The Morgan fingerprint density at radius 1 is 1.20 bits per heavy atom. The number of thiophene rings is 1. The Hall–Kier alpha value is -1.11. The highest BCUT2D eigenvalue weighted by molar-refractivity contribution is 7.09. The van der Waals surface area contributed by atoms with Crippen molar-refractivity contribution in [3.8, 4) is 0 Å². The molecular formula is C18H28ClN3O2S. The molecule has 2 heterocycles. The second kappa shape index (κ2) is 10.1. The first-order chi connectivity index (χ1) is 11.7. The van der Waals surface area contributed by atoms with Gasteiger partial charge in [0.25, 0.3) is 0 Å². The summed E-state index contributed by atoms with van der Waals surface area (Å²) in [4.78, 5) is 27.6. The molecule has 0 unspecified atom stereocenters. The Balaban J connectivity index is 0.00000225. The molecule has 2 aliphatic rings. The lowest BCUT2D eigenvalue weighted by Gasteiger charge is -2.31. The molecule has 1 saturated carbocycles. The van der Waals surface area contributed by atoms with E-state index in [1.807, 2.05) is 11.0 Å². The van der Waals surface area contributed by atoms with Crippen molar-refractivity contribution in [2.75, 3.05) is 32.7 Å². The second-order valence-corrected chi connectivity index (χ2v) is 7.88. The van der Waals surface area contributed by atoms with Crippen molar-refractivity contribution in [2.24, 2.45) is 11.8 Å². The van der Waals surface area contributed by atoms with Crippen LogP contribution in [0, 0.1) is 11.8 Å². The number of carbonyl (C=O) groups is 2. The summed E-state index contributed by atoms with van der Waals surface area (Å²) in [5.41, 5.74) is 0. The van der Waals surface area contributed by atoms with Gasteiger partial charge in [0.15, 0.2) is 0 Å². The summed E-state index contributed by atoms with van der Waals surface area (Å²) in [6.07, 6.45) is 5.05. The van der Waals surface area contributed by atoms with Crippen LogP contribution in [0.2, 0.25) is 0 Å². The number of amides is 2. The molecule has 2 amide bonds. The first-order valence-corrected chi connectivity index (χ1v) is 9.89. The van der Waals surface area contributed by atoms with Crippen molar-refractivity contribution in [1.82, 2.24) is 15.5 Å². The molecule has 25 heavy (non-hydrogen) atoms. The van der Waals surface area contributed by atoms with Crippen molar-refractivity contribution in [3.63, 3.8) is 0 Å². The summed E-state index contributed by atoms with van der Waals surface area (Å²) in [7, 11) is 0. The van der Waals surface area contributed by atoms with Crippen molar-refractivity contribution in [3.05, 3.63) is 22.4 Å². The van der Waals surface area contributed by atoms with E-state index < -0.39 is 0 Å². The molecule has 0 aromatic carbocycles. The van der Waals surface area contributed by atoms with Gasteiger partial charge in [0.1, 0.15) is 0 Å². The van der Waals surface area contributed by atoms with E-state index in [9.17, 15) is 9.59 Å². The van der Waals surface area contributed by atoms with Crippen LogP contribution in [0.5, 0.6) is 0 Å². The van der Waals surface area contributed by atoms with Crippen molar-refractivity contribution in [2.45, 2.75) is 32.1 Å². The Morgan fingerprint density at radius 2 is 1.96 bits per heavy atom. The van der Waals surface area contributed by atoms with E-state index in [0.717, 1.165) is 31.7 Å². The van der Waals surface area contributed by atoms with E-state index in [-0.39, 0.29) is 30.1 Å². The SMILES string of the molecule is Cl.O=C(NCCc1cccs1)C1CCN(C(=O)CNCC2CC2)CC1. The van der Waals surface area contributed by atoms with Gasteiger partial charge in [-0.25, -0.2) is 0 Å². The molecule has 1 saturated heterocycles. The maximum atomic E-state index is 12.2. The minimum absolute atomic E-state index is 0. The average molecular weight is 386 g/mol. The average Bonchev–Trinajstić information content (AvgIpc) is 3.28. The lowest BCUT2D eigenvalue weighted by Crippen LogP contribution is -2.46. The predicted octanol–water partition coefficient (Wildman–Crippen LogP) is 2.07. The molecule has 1 aliphatic heterocycles.